The zero-order chi connectivity index (χ0) is 10.6. The zero-order valence-corrected chi connectivity index (χ0v) is 10.1. The van der Waals surface area contributed by atoms with E-state index in [2.05, 4.69) is 25.6 Å². The van der Waals surface area contributed by atoms with Gasteiger partial charge in [-0.15, -0.1) is 0 Å². The van der Waals surface area contributed by atoms with Gasteiger partial charge in [-0.2, -0.15) is 0 Å². The highest BCUT2D eigenvalue weighted by atomic mass is 79.9. The maximum atomic E-state index is 10.8. The lowest BCUT2D eigenvalue weighted by Crippen LogP contribution is -2.21. The quantitative estimate of drug-likeness (QED) is 0.837. The Morgan fingerprint density at radius 2 is 2.07 bits per heavy atom. The molecule has 1 aromatic rings. The van der Waals surface area contributed by atoms with Gasteiger partial charge in [0.25, 0.3) is 0 Å². The molecule has 1 rings (SSSR count). The van der Waals surface area contributed by atoms with E-state index in [4.69, 9.17) is 0 Å². The number of sulfonamides is 1. The molecule has 4 nitrogen and oxygen atoms in total. The highest BCUT2D eigenvalue weighted by molar-refractivity contribution is 9.08. The molecule has 0 unspecified atom stereocenters. The number of halogens is 1. The first kappa shape index (κ1) is 11.6. The predicted molar refractivity (Wildman–Crippen MR) is 58.6 cm³/mol. The highest BCUT2D eigenvalue weighted by Crippen LogP contribution is 2.03. The fraction of sp³-hybridized carbons (Fsp3) is 0.375. The maximum Gasteiger partial charge on any atom is 0.209 e. The van der Waals surface area contributed by atoms with E-state index in [-0.39, 0.29) is 6.54 Å². The molecule has 78 valence electrons. The summed E-state index contributed by atoms with van der Waals surface area (Å²) in [5.74, 6) is 0. The molecule has 0 bridgehead atoms. The van der Waals surface area contributed by atoms with Crippen molar-refractivity contribution in [3.8, 4) is 0 Å². The number of nitrogens with one attached hydrogen (secondary N) is 1. The summed E-state index contributed by atoms with van der Waals surface area (Å²) in [6.45, 7) is 0.236. The molecule has 0 atom stereocenters. The molecular formula is C8H11BrN2O2S. The fourth-order valence-corrected chi connectivity index (χ4v) is 1.63. The molecule has 0 saturated heterocycles. The van der Waals surface area contributed by atoms with E-state index >= 15 is 0 Å². The number of hydrogen-bond acceptors (Lipinski definition) is 3. The van der Waals surface area contributed by atoms with Gasteiger partial charge in [0.2, 0.25) is 10.0 Å². The molecule has 1 aromatic heterocycles. The third kappa shape index (κ3) is 4.17. The molecule has 0 aromatic carbocycles. The largest absolute Gasteiger partial charge is 0.256 e. The highest BCUT2D eigenvalue weighted by Gasteiger charge is 2.02. The summed E-state index contributed by atoms with van der Waals surface area (Å²) in [7, 11) is -3.14. The van der Waals surface area contributed by atoms with Crippen LogP contribution in [-0.4, -0.2) is 19.7 Å². The van der Waals surface area contributed by atoms with Crippen molar-refractivity contribution in [3.05, 3.63) is 29.6 Å². The molecule has 0 aliphatic heterocycles. The average Bonchev–Trinajstić information content (AvgIpc) is 2.14. The smallest absolute Gasteiger partial charge is 0.209 e. The van der Waals surface area contributed by atoms with E-state index in [9.17, 15) is 8.42 Å². The summed E-state index contributed by atoms with van der Waals surface area (Å²) < 4.78 is 24.0. The van der Waals surface area contributed by atoms with Crippen LogP contribution in [0.2, 0.25) is 0 Å². The molecule has 14 heavy (non-hydrogen) atoms. The lowest BCUT2D eigenvalue weighted by atomic mass is 10.3. The third-order valence-electron chi connectivity index (χ3n) is 1.52. The van der Waals surface area contributed by atoms with Gasteiger partial charge in [0.05, 0.1) is 24.2 Å². The SMILES string of the molecule is CS(=O)(=O)NCc1cccc(CBr)n1. The maximum absolute atomic E-state index is 10.8. The van der Waals surface area contributed by atoms with Crippen LogP contribution >= 0.6 is 15.9 Å². The normalized spacial score (nSPS) is 11.6. The minimum Gasteiger partial charge on any atom is -0.256 e. The molecule has 0 amide bonds. The van der Waals surface area contributed by atoms with E-state index in [0.29, 0.717) is 11.0 Å². The Bertz CT molecular complexity index is 406. The Kier molecular flexibility index (Phi) is 4.03. The van der Waals surface area contributed by atoms with Gasteiger partial charge < -0.3 is 0 Å². The van der Waals surface area contributed by atoms with Crippen LogP contribution in [0.25, 0.3) is 0 Å². The Morgan fingerprint density at radius 3 is 2.64 bits per heavy atom. The van der Waals surface area contributed by atoms with Crippen molar-refractivity contribution >= 4 is 26.0 Å². The molecular weight excluding hydrogens is 268 g/mol. The van der Waals surface area contributed by atoms with E-state index < -0.39 is 10.0 Å². The zero-order valence-electron chi connectivity index (χ0n) is 7.70. The molecule has 0 radical (unpaired) electrons. The van der Waals surface area contributed by atoms with Crippen molar-refractivity contribution in [1.82, 2.24) is 9.71 Å². The summed E-state index contributed by atoms with van der Waals surface area (Å²) in [6.07, 6.45) is 1.13. The van der Waals surface area contributed by atoms with Gasteiger partial charge >= 0.3 is 0 Å². The lowest BCUT2D eigenvalue weighted by molar-refractivity contribution is 0.586. The first-order valence-electron chi connectivity index (χ1n) is 3.96. The van der Waals surface area contributed by atoms with E-state index in [1.165, 1.54) is 0 Å². The minimum atomic E-state index is -3.14. The van der Waals surface area contributed by atoms with Gasteiger partial charge in [0, 0.05) is 5.33 Å². The molecule has 1 N–H and O–H groups in total. The van der Waals surface area contributed by atoms with Crippen molar-refractivity contribution in [3.63, 3.8) is 0 Å². The van der Waals surface area contributed by atoms with Crippen LogP contribution in [0.3, 0.4) is 0 Å². The lowest BCUT2D eigenvalue weighted by Gasteiger charge is -2.02. The van der Waals surface area contributed by atoms with Gasteiger partial charge in [-0.3, -0.25) is 4.98 Å². The summed E-state index contributed by atoms with van der Waals surface area (Å²) in [5, 5.41) is 0.666. The van der Waals surface area contributed by atoms with Crippen molar-refractivity contribution in [2.75, 3.05) is 6.26 Å². The molecule has 0 spiro atoms. The van der Waals surface area contributed by atoms with Crippen LogP contribution in [0.5, 0.6) is 0 Å². The van der Waals surface area contributed by atoms with Crippen LogP contribution in [0.1, 0.15) is 11.4 Å². The van der Waals surface area contributed by atoms with Crippen LogP contribution in [-0.2, 0) is 21.9 Å². The van der Waals surface area contributed by atoms with Crippen LogP contribution in [0.15, 0.2) is 18.2 Å². The fourth-order valence-electron chi connectivity index (χ4n) is 0.907. The van der Waals surface area contributed by atoms with Crippen LogP contribution in [0, 0.1) is 0 Å². The van der Waals surface area contributed by atoms with Crippen molar-refractivity contribution < 1.29 is 8.42 Å². The van der Waals surface area contributed by atoms with Gasteiger partial charge in [-0.1, -0.05) is 22.0 Å². The van der Waals surface area contributed by atoms with E-state index in [1.807, 2.05) is 12.1 Å². The Hall–Kier alpha value is -0.460. The number of hydrogen-bond donors (Lipinski definition) is 1. The first-order chi connectivity index (χ1) is 6.51. The minimum absolute atomic E-state index is 0.236. The van der Waals surface area contributed by atoms with Gasteiger partial charge in [-0.25, -0.2) is 13.1 Å². The van der Waals surface area contributed by atoms with Crippen molar-refractivity contribution in [1.29, 1.82) is 0 Å². The second-order valence-corrected chi connectivity index (χ2v) is 5.24. The number of rotatable bonds is 4. The van der Waals surface area contributed by atoms with Crippen LogP contribution < -0.4 is 4.72 Å². The van der Waals surface area contributed by atoms with E-state index in [0.717, 1.165) is 11.9 Å². The standard InChI is InChI=1S/C8H11BrN2O2S/c1-14(12,13)10-6-8-4-2-3-7(5-9)11-8/h2-4,10H,5-6H2,1H3. The molecule has 0 saturated carbocycles. The molecule has 0 fully saturated rings. The van der Waals surface area contributed by atoms with Gasteiger partial charge in [0.1, 0.15) is 0 Å². The monoisotopic (exact) mass is 278 g/mol. The number of pyridine rings is 1. The Labute approximate surface area is 91.9 Å². The first-order valence-corrected chi connectivity index (χ1v) is 6.98. The summed E-state index contributed by atoms with van der Waals surface area (Å²) in [4.78, 5) is 4.22. The summed E-state index contributed by atoms with van der Waals surface area (Å²) >= 11 is 3.28. The van der Waals surface area contributed by atoms with Gasteiger partial charge in [-0.05, 0) is 12.1 Å². The topological polar surface area (TPSA) is 59.1 Å². The number of nitrogens with zero attached hydrogens (tertiary/aromatic N) is 1. The second-order valence-electron chi connectivity index (χ2n) is 2.85. The molecule has 1 heterocycles. The van der Waals surface area contributed by atoms with Crippen molar-refractivity contribution in [2.24, 2.45) is 0 Å². The van der Waals surface area contributed by atoms with Gasteiger partial charge in [0.15, 0.2) is 0 Å². The third-order valence-corrected chi connectivity index (χ3v) is 2.76. The predicted octanol–water partition coefficient (Wildman–Crippen LogP) is 1.03. The summed E-state index contributed by atoms with van der Waals surface area (Å²) in [6, 6.07) is 5.51. The second kappa shape index (κ2) is 4.86. The number of aromatic nitrogens is 1. The molecule has 6 heteroatoms. The van der Waals surface area contributed by atoms with Crippen molar-refractivity contribution in [2.45, 2.75) is 11.9 Å². The Morgan fingerprint density at radius 1 is 1.43 bits per heavy atom. The average molecular weight is 279 g/mol. The van der Waals surface area contributed by atoms with Crippen LogP contribution in [0.4, 0.5) is 0 Å². The summed E-state index contributed by atoms with van der Waals surface area (Å²) in [5.41, 5.74) is 1.60. The Balaban J connectivity index is 2.68. The number of alkyl halides is 1. The van der Waals surface area contributed by atoms with E-state index in [1.54, 1.807) is 6.07 Å². The molecule has 0 aliphatic carbocycles. The molecule has 0 aliphatic rings.